The molecule has 0 aromatic rings. The summed E-state index contributed by atoms with van der Waals surface area (Å²) >= 11 is 0. The van der Waals surface area contributed by atoms with Crippen molar-refractivity contribution in [3.05, 3.63) is 24.0 Å². The molecule has 0 fully saturated rings. The molecule has 0 radical (unpaired) electrons. The molecule has 0 N–H and O–H groups in total. The third-order valence-electron chi connectivity index (χ3n) is 1.24. The summed E-state index contributed by atoms with van der Waals surface area (Å²) in [7, 11) is -7.37. The van der Waals surface area contributed by atoms with Crippen LogP contribution in [0, 0.1) is 0 Å². The van der Waals surface area contributed by atoms with Crippen LogP contribution >= 0.6 is 0 Å². The van der Waals surface area contributed by atoms with Crippen LogP contribution in [0.5, 0.6) is 0 Å². The summed E-state index contributed by atoms with van der Waals surface area (Å²) in [5, 5.41) is 0.259. The molecule has 7 heteroatoms. The largest absolute Gasteiger partial charge is 0.382 e. The van der Waals surface area contributed by atoms with Crippen molar-refractivity contribution in [1.29, 1.82) is 0 Å². The maximum absolute atomic E-state index is 10.6. The van der Waals surface area contributed by atoms with Crippen molar-refractivity contribution in [2.45, 2.75) is 13.8 Å². The van der Waals surface area contributed by atoms with E-state index in [0.717, 1.165) is 13.2 Å². The van der Waals surface area contributed by atoms with E-state index in [0.29, 0.717) is 10.8 Å². The Balaban J connectivity index is 0. The van der Waals surface area contributed by atoms with E-state index in [1.54, 1.807) is 0 Å². The number of hydrogen-bond acceptors (Lipinski definition) is 5. The molecule has 0 aliphatic rings. The van der Waals surface area contributed by atoms with E-state index in [4.69, 9.17) is 4.74 Å². The summed E-state index contributed by atoms with van der Waals surface area (Å²) in [6.45, 7) is 11.6. The lowest BCUT2D eigenvalue weighted by Crippen LogP contribution is -2.11. The Hall–Kier alpha value is -0.660. The molecule has 0 aliphatic heterocycles. The average Bonchev–Trinajstić information content (AvgIpc) is 2.19. The van der Waals surface area contributed by atoms with E-state index in [9.17, 15) is 16.8 Å². The Labute approximate surface area is 97.6 Å². The monoisotopic (exact) mass is 270 g/mol. The van der Waals surface area contributed by atoms with Gasteiger partial charge in [-0.2, -0.15) is 0 Å². The number of ether oxygens (including phenoxy) is 1. The number of hydrogen-bond donors (Lipinski definition) is 0. The van der Waals surface area contributed by atoms with Crippen molar-refractivity contribution in [2.75, 3.05) is 18.3 Å². The molecule has 0 rings (SSSR count). The van der Waals surface area contributed by atoms with Gasteiger partial charge in [-0.05, 0) is 13.8 Å². The number of sulfone groups is 2. The van der Waals surface area contributed by atoms with Crippen LogP contribution in [-0.4, -0.2) is 35.1 Å². The van der Waals surface area contributed by atoms with Gasteiger partial charge in [0.25, 0.3) is 0 Å². The van der Waals surface area contributed by atoms with Crippen molar-refractivity contribution in [3.63, 3.8) is 0 Å². The molecule has 0 aromatic carbocycles. The van der Waals surface area contributed by atoms with E-state index < -0.39 is 24.8 Å². The van der Waals surface area contributed by atoms with Crippen molar-refractivity contribution in [3.8, 4) is 0 Å². The molecule has 0 unspecified atom stereocenters. The van der Waals surface area contributed by atoms with Crippen molar-refractivity contribution >= 4 is 19.7 Å². The van der Waals surface area contributed by atoms with E-state index >= 15 is 0 Å². The van der Waals surface area contributed by atoms with Gasteiger partial charge in [-0.25, -0.2) is 16.8 Å². The highest BCUT2D eigenvalue weighted by Crippen LogP contribution is 1.99. The Kier molecular flexibility index (Phi) is 9.40. The molecule has 0 saturated heterocycles. The smallest absolute Gasteiger partial charge is 0.185 e. The quantitative estimate of drug-likeness (QED) is 0.722. The fourth-order valence-electron chi connectivity index (χ4n) is 0.529. The van der Waals surface area contributed by atoms with Gasteiger partial charge in [0.05, 0.1) is 0 Å². The zero-order valence-electron chi connectivity index (χ0n) is 9.55. The van der Waals surface area contributed by atoms with E-state index in [2.05, 4.69) is 13.2 Å². The van der Waals surface area contributed by atoms with Crippen LogP contribution in [0.3, 0.4) is 0 Å². The zero-order valence-corrected chi connectivity index (χ0v) is 11.2. The highest BCUT2D eigenvalue weighted by Gasteiger charge is 2.15. The molecule has 0 saturated carbocycles. The first-order valence-corrected chi connectivity index (χ1v) is 7.95. The molecule has 0 bridgehead atoms. The van der Waals surface area contributed by atoms with Crippen LogP contribution in [-0.2, 0) is 24.4 Å². The lowest BCUT2D eigenvalue weighted by molar-refractivity contribution is 0.162. The third kappa shape index (κ3) is 11.4. The highest BCUT2D eigenvalue weighted by atomic mass is 32.3. The molecule has 0 atom stereocenters. The fraction of sp³-hybridized carbons (Fsp3) is 0.556. The molecule has 0 aliphatic carbocycles. The van der Waals surface area contributed by atoms with Crippen LogP contribution < -0.4 is 0 Å². The van der Waals surface area contributed by atoms with Gasteiger partial charge >= 0.3 is 0 Å². The number of rotatable bonds is 6. The Bertz CT molecular complexity index is 354. The van der Waals surface area contributed by atoms with Crippen molar-refractivity contribution < 1.29 is 21.6 Å². The highest BCUT2D eigenvalue weighted by molar-refractivity contribution is 8.10. The molecule has 5 nitrogen and oxygen atoms in total. The molecular formula is C9H18O5S2. The summed E-state index contributed by atoms with van der Waals surface area (Å²) < 4.78 is 47.3. The topological polar surface area (TPSA) is 77.5 Å². The third-order valence-corrected chi connectivity index (χ3v) is 4.89. The molecular weight excluding hydrogens is 252 g/mol. The SMILES string of the molecule is C=CS(=O)(=O)CS(=O)(=O)C=C.CCOCC. The molecule has 16 heavy (non-hydrogen) atoms. The molecule has 96 valence electrons. The first kappa shape index (κ1) is 17.7. The van der Waals surface area contributed by atoms with Gasteiger partial charge in [-0.15, -0.1) is 0 Å². The second-order valence-electron chi connectivity index (χ2n) is 2.56. The Morgan fingerprint density at radius 3 is 1.38 bits per heavy atom. The minimum absolute atomic E-state index is 0.605. The minimum Gasteiger partial charge on any atom is -0.382 e. The normalized spacial score (nSPS) is 11.1. The predicted molar refractivity (Wildman–Crippen MR) is 65.3 cm³/mol. The van der Waals surface area contributed by atoms with Crippen LogP contribution in [0.2, 0.25) is 0 Å². The van der Waals surface area contributed by atoms with Gasteiger partial charge < -0.3 is 4.74 Å². The van der Waals surface area contributed by atoms with Crippen LogP contribution in [0.25, 0.3) is 0 Å². The van der Waals surface area contributed by atoms with Gasteiger partial charge in [0, 0.05) is 24.0 Å². The van der Waals surface area contributed by atoms with Crippen LogP contribution in [0.1, 0.15) is 13.8 Å². The van der Waals surface area contributed by atoms with E-state index in [-0.39, 0.29) is 0 Å². The van der Waals surface area contributed by atoms with Crippen molar-refractivity contribution in [1.82, 2.24) is 0 Å². The van der Waals surface area contributed by atoms with Gasteiger partial charge in [0.15, 0.2) is 24.8 Å². The Morgan fingerprint density at radius 2 is 1.25 bits per heavy atom. The van der Waals surface area contributed by atoms with Crippen LogP contribution in [0.15, 0.2) is 24.0 Å². The lowest BCUT2D eigenvalue weighted by Gasteiger charge is -1.94. The minimum atomic E-state index is -3.68. The predicted octanol–water partition coefficient (Wildman–Crippen LogP) is 1.10. The van der Waals surface area contributed by atoms with Crippen LogP contribution in [0.4, 0.5) is 0 Å². The zero-order chi connectivity index (χ0) is 13.2. The lowest BCUT2D eigenvalue weighted by atomic mass is 10.8. The standard InChI is InChI=1S/C5H8O4S2.C4H10O/c1-3-10(6,7)5-11(8,9)4-2;1-3-5-4-2/h3-4H,1-2,5H2;3-4H2,1-2H3. The summed E-state index contributed by atoms with van der Waals surface area (Å²) in [6.07, 6.45) is 0. The van der Waals surface area contributed by atoms with Gasteiger partial charge in [0.1, 0.15) is 0 Å². The van der Waals surface area contributed by atoms with E-state index in [1.807, 2.05) is 13.8 Å². The summed E-state index contributed by atoms with van der Waals surface area (Å²) in [5.74, 6) is 0. The second kappa shape index (κ2) is 8.49. The summed E-state index contributed by atoms with van der Waals surface area (Å²) in [5.41, 5.74) is 0. The fourth-order valence-corrected chi connectivity index (χ4v) is 3.13. The van der Waals surface area contributed by atoms with E-state index in [1.165, 1.54) is 0 Å². The first-order chi connectivity index (χ1) is 7.24. The second-order valence-corrected chi connectivity index (χ2v) is 6.82. The maximum Gasteiger partial charge on any atom is 0.185 e. The average molecular weight is 270 g/mol. The molecule has 0 amide bonds. The Morgan fingerprint density at radius 1 is 0.938 bits per heavy atom. The van der Waals surface area contributed by atoms with Gasteiger partial charge in [-0.1, -0.05) is 13.2 Å². The molecule has 0 spiro atoms. The maximum atomic E-state index is 10.6. The van der Waals surface area contributed by atoms with Crippen molar-refractivity contribution in [2.24, 2.45) is 0 Å². The summed E-state index contributed by atoms with van der Waals surface area (Å²) in [6, 6.07) is 0. The molecule has 0 heterocycles. The molecule has 0 aromatic heterocycles. The first-order valence-electron chi connectivity index (χ1n) is 4.52. The van der Waals surface area contributed by atoms with Gasteiger partial charge in [-0.3, -0.25) is 0 Å². The summed E-state index contributed by atoms with van der Waals surface area (Å²) in [4.78, 5) is 0. The van der Waals surface area contributed by atoms with Gasteiger partial charge in [0.2, 0.25) is 0 Å².